The molecule has 1 saturated heterocycles. The third-order valence-electron chi connectivity index (χ3n) is 2.87. The Morgan fingerprint density at radius 2 is 2.19 bits per heavy atom. The van der Waals surface area contributed by atoms with Crippen molar-refractivity contribution in [3.05, 3.63) is 0 Å². The van der Waals surface area contributed by atoms with Gasteiger partial charge in [0.25, 0.3) is 0 Å². The fraction of sp³-hybridized carbons (Fsp3) is 0.800. The van der Waals surface area contributed by atoms with Gasteiger partial charge in [-0.05, 0) is 25.2 Å². The molecule has 0 aliphatic carbocycles. The number of hydrogen-bond acceptors (Lipinski definition) is 4. The van der Waals surface area contributed by atoms with Crippen molar-refractivity contribution in [2.75, 3.05) is 19.7 Å². The van der Waals surface area contributed by atoms with Gasteiger partial charge < -0.3 is 20.6 Å². The van der Waals surface area contributed by atoms with Crippen LogP contribution in [-0.2, 0) is 9.53 Å². The lowest BCUT2D eigenvalue weighted by Crippen LogP contribution is -2.42. The summed E-state index contributed by atoms with van der Waals surface area (Å²) in [5.74, 6) is 0.509. The molecule has 3 N–H and O–H groups in total. The maximum Gasteiger partial charge on any atom is 0.302 e. The third-order valence-corrected chi connectivity index (χ3v) is 2.87. The molecular weight excluding hydrogens is 210 g/mol. The highest BCUT2D eigenvalue weighted by atomic mass is 16.5. The molecule has 0 aromatic heterocycles. The highest BCUT2D eigenvalue weighted by Crippen LogP contribution is 2.20. The van der Waals surface area contributed by atoms with Crippen molar-refractivity contribution in [3.8, 4) is 0 Å². The van der Waals surface area contributed by atoms with Crippen LogP contribution < -0.4 is 5.73 Å². The smallest absolute Gasteiger partial charge is 0.302 e. The SMILES string of the molecule is CC(=O)OCCC1CCN(C(N)=NO)CC1. The standard InChI is InChI=1S/C10H19N3O3/c1-8(14)16-7-4-9-2-5-13(6-3-9)10(11)12-15/h9,15H,2-7H2,1H3,(H2,11,12). The molecule has 1 aliphatic rings. The molecule has 0 bridgehead atoms. The van der Waals surface area contributed by atoms with Crippen molar-refractivity contribution in [2.24, 2.45) is 16.8 Å². The molecule has 0 radical (unpaired) electrons. The molecule has 92 valence electrons. The van der Waals surface area contributed by atoms with Crippen LogP contribution >= 0.6 is 0 Å². The molecule has 0 amide bonds. The van der Waals surface area contributed by atoms with Crippen LogP contribution in [0.5, 0.6) is 0 Å². The second-order valence-corrected chi connectivity index (χ2v) is 4.02. The second kappa shape index (κ2) is 6.19. The van der Waals surface area contributed by atoms with Crippen molar-refractivity contribution < 1.29 is 14.7 Å². The van der Waals surface area contributed by atoms with Gasteiger partial charge >= 0.3 is 5.97 Å². The number of ether oxygens (including phenoxy) is 1. The van der Waals surface area contributed by atoms with Gasteiger partial charge in [-0.15, -0.1) is 0 Å². The Labute approximate surface area is 95.0 Å². The molecule has 1 rings (SSSR count). The zero-order chi connectivity index (χ0) is 12.0. The van der Waals surface area contributed by atoms with Gasteiger partial charge in [0.15, 0.2) is 0 Å². The van der Waals surface area contributed by atoms with Gasteiger partial charge in [0.1, 0.15) is 0 Å². The molecule has 0 saturated carbocycles. The summed E-state index contributed by atoms with van der Waals surface area (Å²) < 4.78 is 4.90. The Bertz CT molecular complexity index is 260. The maximum absolute atomic E-state index is 10.6. The lowest BCUT2D eigenvalue weighted by molar-refractivity contribution is -0.141. The van der Waals surface area contributed by atoms with E-state index in [2.05, 4.69) is 5.16 Å². The molecule has 1 fully saturated rings. The van der Waals surface area contributed by atoms with Crippen molar-refractivity contribution in [3.63, 3.8) is 0 Å². The summed E-state index contributed by atoms with van der Waals surface area (Å²) in [5, 5.41) is 11.5. The minimum Gasteiger partial charge on any atom is -0.466 e. The Balaban J connectivity index is 2.19. The average molecular weight is 229 g/mol. The number of piperidine rings is 1. The predicted octanol–water partition coefficient (Wildman–Crippen LogP) is 0.355. The van der Waals surface area contributed by atoms with Crippen molar-refractivity contribution in [1.82, 2.24) is 4.90 Å². The maximum atomic E-state index is 10.6. The number of carbonyl (C=O) groups excluding carboxylic acids is 1. The number of guanidine groups is 1. The number of hydrogen-bond donors (Lipinski definition) is 2. The van der Waals surface area contributed by atoms with E-state index in [1.165, 1.54) is 6.92 Å². The Morgan fingerprint density at radius 1 is 1.56 bits per heavy atom. The van der Waals surface area contributed by atoms with Crippen LogP contribution in [0.25, 0.3) is 0 Å². The first-order valence-corrected chi connectivity index (χ1v) is 5.49. The number of likely N-dealkylation sites (tertiary alicyclic amines) is 1. The number of nitrogens with two attached hydrogens (primary N) is 1. The normalized spacial score (nSPS) is 18.6. The van der Waals surface area contributed by atoms with E-state index in [1.54, 1.807) is 0 Å². The van der Waals surface area contributed by atoms with E-state index in [-0.39, 0.29) is 11.9 Å². The molecule has 16 heavy (non-hydrogen) atoms. The lowest BCUT2D eigenvalue weighted by Gasteiger charge is -2.31. The summed E-state index contributed by atoms with van der Waals surface area (Å²) in [6.45, 7) is 3.49. The zero-order valence-electron chi connectivity index (χ0n) is 9.56. The average Bonchev–Trinajstić information content (AvgIpc) is 2.28. The molecule has 1 heterocycles. The summed E-state index contributed by atoms with van der Waals surface area (Å²) in [7, 11) is 0. The van der Waals surface area contributed by atoms with E-state index in [9.17, 15) is 4.79 Å². The van der Waals surface area contributed by atoms with Crippen molar-refractivity contribution in [1.29, 1.82) is 0 Å². The quantitative estimate of drug-likeness (QED) is 0.240. The minimum absolute atomic E-state index is 0.179. The van der Waals surface area contributed by atoms with Gasteiger partial charge in [-0.2, -0.15) is 0 Å². The lowest BCUT2D eigenvalue weighted by atomic mass is 9.94. The van der Waals surface area contributed by atoms with Gasteiger partial charge in [-0.25, -0.2) is 0 Å². The molecule has 0 spiro atoms. The first-order valence-electron chi connectivity index (χ1n) is 5.49. The second-order valence-electron chi connectivity index (χ2n) is 4.02. The molecule has 6 nitrogen and oxygen atoms in total. The molecular formula is C10H19N3O3. The number of carbonyl (C=O) groups is 1. The molecule has 6 heteroatoms. The summed E-state index contributed by atoms with van der Waals surface area (Å²) in [6, 6.07) is 0. The number of nitrogens with zero attached hydrogens (tertiary/aromatic N) is 2. The largest absolute Gasteiger partial charge is 0.466 e. The van der Waals surface area contributed by atoms with E-state index in [0.29, 0.717) is 12.5 Å². The van der Waals surface area contributed by atoms with Crippen LogP contribution in [0.15, 0.2) is 5.16 Å². The molecule has 0 aromatic carbocycles. The van der Waals surface area contributed by atoms with Gasteiger partial charge in [0, 0.05) is 20.0 Å². The highest BCUT2D eigenvalue weighted by Gasteiger charge is 2.20. The van der Waals surface area contributed by atoms with E-state index in [0.717, 1.165) is 32.4 Å². The Hall–Kier alpha value is -1.46. The van der Waals surface area contributed by atoms with Gasteiger partial charge in [0.05, 0.1) is 6.61 Å². The van der Waals surface area contributed by atoms with Crippen LogP contribution in [0.2, 0.25) is 0 Å². The summed E-state index contributed by atoms with van der Waals surface area (Å²) >= 11 is 0. The minimum atomic E-state index is -0.228. The number of rotatable bonds is 3. The van der Waals surface area contributed by atoms with Crippen LogP contribution in [-0.4, -0.2) is 41.7 Å². The third kappa shape index (κ3) is 3.96. The molecule has 0 atom stereocenters. The van der Waals surface area contributed by atoms with Gasteiger partial charge in [-0.3, -0.25) is 4.79 Å². The van der Waals surface area contributed by atoms with Crippen molar-refractivity contribution in [2.45, 2.75) is 26.2 Å². The summed E-state index contributed by atoms with van der Waals surface area (Å²) in [4.78, 5) is 12.4. The zero-order valence-corrected chi connectivity index (χ0v) is 9.56. The van der Waals surface area contributed by atoms with E-state index >= 15 is 0 Å². The Morgan fingerprint density at radius 3 is 2.69 bits per heavy atom. The Kier molecular flexibility index (Phi) is 4.88. The number of oxime groups is 1. The van der Waals surface area contributed by atoms with E-state index < -0.39 is 0 Å². The van der Waals surface area contributed by atoms with Crippen LogP contribution in [0.1, 0.15) is 26.2 Å². The topological polar surface area (TPSA) is 88.2 Å². The first-order chi connectivity index (χ1) is 7.63. The molecule has 0 aromatic rings. The van der Waals surface area contributed by atoms with Crippen molar-refractivity contribution >= 4 is 11.9 Å². The number of esters is 1. The molecule has 1 aliphatic heterocycles. The highest BCUT2D eigenvalue weighted by molar-refractivity contribution is 5.77. The van der Waals surface area contributed by atoms with E-state index in [1.807, 2.05) is 4.90 Å². The fourth-order valence-corrected chi connectivity index (χ4v) is 1.88. The van der Waals surface area contributed by atoms with Crippen LogP contribution in [0.3, 0.4) is 0 Å². The van der Waals surface area contributed by atoms with E-state index in [4.69, 9.17) is 15.7 Å². The van der Waals surface area contributed by atoms with Crippen LogP contribution in [0, 0.1) is 5.92 Å². The first kappa shape index (κ1) is 12.6. The predicted molar refractivity (Wildman–Crippen MR) is 59.0 cm³/mol. The van der Waals surface area contributed by atoms with Gasteiger partial charge in [-0.1, -0.05) is 5.16 Å². The monoisotopic (exact) mass is 229 g/mol. The summed E-state index contributed by atoms with van der Waals surface area (Å²) in [6.07, 6.45) is 2.86. The molecule has 0 unspecified atom stereocenters. The van der Waals surface area contributed by atoms with Crippen LogP contribution in [0.4, 0.5) is 0 Å². The van der Waals surface area contributed by atoms with Gasteiger partial charge in [0.2, 0.25) is 5.96 Å². The summed E-state index contributed by atoms with van der Waals surface area (Å²) in [5.41, 5.74) is 5.49. The fourth-order valence-electron chi connectivity index (χ4n) is 1.88.